The molecule has 98 valence electrons. The fourth-order valence-corrected chi connectivity index (χ4v) is 3.44. The van der Waals surface area contributed by atoms with Crippen molar-refractivity contribution in [2.24, 2.45) is 11.8 Å². The molecule has 0 amide bonds. The van der Waals surface area contributed by atoms with E-state index in [0.29, 0.717) is 12.3 Å². The van der Waals surface area contributed by atoms with Gasteiger partial charge in [-0.05, 0) is 44.1 Å². The second-order valence-electron chi connectivity index (χ2n) is 6.01. The fraction of sp³-hybridized carbons (Fsp3) is 0.929. The maximum Gasteiger partial charge on any atom is 0.303 e. The summed E-state index contributed by atoms with van der Waals surface area (Å²) < 4.78 is 0. The van der Waals surface area contributed by atoms with Gasteiger partial charge in [-0.2, -0.15) is 0 Å². The Kier molecular flexibility index (Phi) is 4.43. The first-order chi connectivity index (χ1) is 8.15. The van der Waals surface area contributed by atoms with E-state index in [9.17, 15) is 4.79 Å². The zero-order valence-electron chi connectivity index (χ0n) is 10.9. The smallest absolute Gasteiger partial charge is 0.303 e. The van der Waals surface area contributed by atoms with Crippen LogP contribution in [0.5, 0.6) is 0 Å². The van der Waals surface area contributed by atoms with Gasteiger partial charge >= 0.3 is 5.97 Å². The molecule has 1 saturated carbocycles. The molecule has 0 aromatic heterocycles. The molecule has 3 heteroatoms. The Morgan fingerprint density at radius 1 is 1.24 bits per heavy atom. The van der Waals surface area contributed by atoms with Crippen LogP contribution in [0.1, 0.15) is 51.9 Å². The van der Waals surface area contributed by atoms with Crippen LogP contribution in [-0.4, -0.2) is 35.1 Å². The van der Waals surface area contributed by atoms with Gasteiger partial charge in [-0.15, -0.1) is 0 Å². The number of carboxylic acids is 1. The standard InChI is InChI=1S/C14H25NO2/c1-11-3-2-4-13(6-5-11)15-8-7-12(10-15)9-14(16)17/h11-13H,2-10H2,1H3,(H,16,17). The van der Waals surface area contributed by atoms with E-state index in [-0.39, 0.29) is 0 Å². The minimum Gasteiger partial charge on any atom is -0.481 e. The first-order valence-electron chi connectivity index (χ1n) is 7.11. The Hall–Kier alpha value is -0.570. The molecule has 3 unspecified atom stereocenters. The van der Waals surface area contributed by atoms with E-state index in [1.54, 1.807) is 0 Å². The Morgan fingerprint density at radius 3 is 2.82 bits per heavy atom. The van der Waals surface area contributed by atoms with Crippen LogP contribution in [0.2, 0.25) is 0 Å². The molecule has 1 saturated heterocycles. The fourth-order valence-electron chi connectivity index (χ4n) is 3.44. The van der Waals surface area contributed by atoms with Gasteiger partial charge in [0, 0.05) is 19.0 Å². The molecule has 1 aliphatic heterocycles. The van der Waals surface area contributed by atoms with E-state index in [1.807, 2.05) is 0 Å². The lowest BCUT2D eigenvalue weighted by Gasteiger charge is -2.26. The predicted molar refractivity (Wildman–Crippen MR) is 68.0 cm³/mol. The third-order valence-corrected chi connectivity index (χ3v) is 4.52. The molecule has 3 nitrogen and oxygen atoms in total. The van der Waals surface area contributed by atoms with Crippen LogP contribution in [0.15, 0.2) is 0 Å². The molecule has 0 radical (unpaired) electrons. The van der Waals surface area contributed by atoms with Crippen LogP contribution in [0, 0.1) is 11.8 Å². The number of nitrogens with zero attached hydrogens (tertiary/aromatic N) is 1. The highest BCUT2D eigenvalue weighted by molar-refractivity contribution is 5.67. The maximum atomic E-state index is 10.7. The predicted octanol–water partition coefficient (Wildman–Crippen LogP) is 2.75. The first-order valence-corrected chi connectivity index (χ1v) is 7.11. The summed E-state index contributed by atoms with van der Waals surface area (Å²) in [6, 6.07) is 0.735. The van der Waals surface area contributed by atoms with Gasteiger partial charge in [-0.3, -0.25) is 4.79 Å². The van der Waals surface area contributed by atoms with E-state index >= 15 is 0 Å². The Bertz CT molecular complexity index is 267. The zero-order valence-corrected chi connectivity index (χ0v) is 10.9. The number of aliphatic carboxylic acids is 1. The van der Waals surface area contributed by atoms with E-state index in [1.165, 1.54) is 32.1 Å². The van der Waals surface area contributed by atoms with E-state index in [2.05, 4.69) is 11.8 Å². The van der Waals surface area contributed by atoms with Crippen molar-refractivity contribution in [3.63, 3.8) is 0 Å². The van der Waals surface area contributed by atoms with Crippen molar-refractivity contribution in [1.29, 1.82) is 0 Å². The molecular formula is C14H25NO2. The average molecular weight is 239 g/mol. The Balaban J connectivity index is 1.81. The molecule has 1 aliphatic carbocycles. The molecule has 1 N–H and O–H groups in total. The second-order valence-corrected chi connectivity index (χ2v) is 6.01. The van der Waals surface area contributed by atoms with Gasteiger partial charge in [0.15, 0.2) is 0 Å². The topological polar surface area (TPSA) is 40.5 Å². The number of rotatable bonds is 3. The highest BCUT2D eigenvalue weighted by Gasteiger charge is 2.30. The lowest BCUT2D eigenvalue weighted by molar-refractivity contribution is -0.138. The lowest BCUT2D eigenvalue weighted by atomic mass is 10.0. The summed E-state index contributed by atoms with van der Waals surface area (Å²) in [7, 11) is 0. The van der Waals surface area contributed by atoms with Crippen LogP contribution in [0.4, 0.5) is 0 Å². The first kappa shape index (κ1) is 12.9. The van der Waals surface area contributed by atoms with Crippen molar-refractivity contribution < 1.29 is 9.90 Å². The van der Waals surface area contributed by atoms with Gasteiger partial charge in [-0.1, -0.05) is 19.8 Å². The lowest BCUT2D eigenvalue weighted by Crippen LogP contribution is -2.33. The number of hydrogen-bond donors (Lipinski definition) is 1. The molecule has 0 aromatic carbocycles. The van der Waals surface area contributed by atoms with Crippen molar-refractivity contribution in [2.75, 3.05) is 13.1 Å². The summed E-state index contributed by atoms with van der Waals surface area (Å²) >= 11 is 0. The molecule has 0 aromatic rings. The van der Waals surface area contributed by atoms with Gasteiger partial charge in [0.25, 0.3) is 0 Å². The van der Waals surface area contributed by atoms with E-state index < -0.39 is 5.97 Å². The number of carboxylic acid groups (broad SMARTS) is 1. The minimum atomic E-state index is -0.633. The highest BCUT2D eigenvalue weighted by atomic mass is 16.4. The van der Waals surface area contributed by atoms with Crippen molar-refractivity contribution in [3.05, 3.63) is 0 Å². The second kappa shape index (κ2) is 5.85. The van der Waals surface area contributed by atoms with Crippen LogP contribution >= 0.6 is 0 Å². The summed E-state index contributed by atoms with van der Waals surface area (Å²) in [5.74, 6) is 0.650. The Morgan fingerprint density at radius 2 is 2.06 bits per heavy atom. The van der Waals surface area contributed by atoms with Crippen molar-refractivity contribution >= 4 is 5.97 Å². The van der Waals surface area contributed by atoms with Crippen molar-refractivity contribution in [3.8, 4) is 0 Å². The molecule has 1 heterocycles. The quantitative estimate of drug-likeness (QED) is 0.770. The number of likely N-dealkylation sites (tertiary alicyclic amines) is 1. The third kappa shape index (κ3) is 3.70. The number of carbonyl (C=O) groups is 1. The van der Waals surface area contributed by atoms with Crippen LogP contribution < -0.4 is 0 Å². The SMILES string of the molecule is CC1CCCC(N2CCC(CC(=O)O)C2)CC1. The zero-order chi connectivity index (χ0) is 12.3. The number of hydrogen-bond acceptors (Lipinski definition) is 2. The summed E-state index contributed by atoms with van der Waals surface area (Å²) in [4.78, 5) is 13.3. The summed E-state index contributed by atoms with van der Waals surface area (Å²) in [6.07, 6.45) is 8.17. The van der Waals surface area contributed by atoms with Gasteiger partial charge in [0.05, 0.1) is 0 Å². The summed E-state index contributed by atoms with van der Waals surface area (Å²) in [6.45, 7) is 4.50. The molecule has 3 atom stereocenters. The molecule has 2 aliphatic rings. The molecule has 0 spiro atoms. The minimum absolute atomic E-state index is 0.361. The maximum absolute atomic E-state index is 10.7. The Labute approximate surface area is 104 Å². The van der Waals surface area contributed by atoms with Crippen LogP contribution in [-0.2, 0) is 4.79 Å². The van der Waals surface area contributed by atoms with E-state index in [0.717, 1.165) is 31.5 Å². The summed E-state index contributed by atoms with van der Waals surface area (Å²) in [5, 5.41) is 8.83. The highest BCUT2D eigenvalue weighted by Crippen LogP contribution is 2.30. The largest absolute Gasteiger partial charge is 0.481 e. The average Bonchev–Trinajstić information content (AvgIpc) is 2.59. The van der Waals surface area contributed by atoms with Crippen molar-refractivity contribution in [2.45, 2.75) is 57.9 Å². The van der Waals surface area contributed by atoms with Gasteiger partial charge < -0.3 is 10.0 Å². The van der Waals surface area contributed by atoms with Gasteiger partial charge in [-0.25, -0.2) is 0 Å². The van der Waals surface area contributed by atoms with Crippen molar-refractivity contribution in [1.82, 2.24) is 4.90 Å². The normalized spacial score (nSPS) is 35.7. The van der Waals surface area contributed by atoms with Crippen LogP contribution in [0.25, 0.3) is 0 Å². The summed E-state index contributed by atoms with van der Waals surface area (Å²) in [5.41, 5.74) is 0. The molecule has 2 fully saturated rings. The van der Waals surface area contributed by atoms with Gasteiger partial charge in [0.2, 0.25) is 0 Å². The monoisotopic (exact) mass is 239 g/mol. The molecule has 2 rings (SSSR count). The molecular weight excluding hydrogens is 214 g/mol. The van der Waals surface area contributed by atoms with E-state index in [4.69, 9.17) is 5.11 Å². The van der Waals surface area contributed by atoms with Gasteiger partial charge in [0.1, 0.15) is 0 Å². The molecule has 17 heavy (non-hydrogen) atoms. The molecule has 0 bridgehead atoms. The third-order valence-electron chi connectivity index (χ3n) is 4.52. The van der Waals surface area contributed by atoms with Crippen LogP contribution in [0.3, 0.4) is 0 Å².